The SMILES string of the molecule is C.O=C(O)CCc1cc(O)ccc1-c1ccc(-c2cccnc2)c(C(F)F)c1. The smallest absolute Gasteiger partial charge is 0.303 e. The second kappa shape index (κ2) is 9.08. The van der Waals surface area contributed by atoms with Gasteiger partial charge in [0.2, 0.25) is 0 Å². The molecule has 3 aromatic rings. The first-order chi connectivity index (χ1) is 13.0. The van der Waals surface area contributed by atoms with E-state index in [4.69, 9.17) is 5.11 Å². The quantitative estimate of drug-likeness (QED) is 0.570. The fourth-order valence-electron chi connectivity index (χ4n) is 3.01. The topological polar surface area (TPSA) is 70.4 Å². The predicted octanol–water partition coefficient (Wildman–Crippen LogP) is 5.71. The molecule has 1 heterocycles. The second-order valence-corrected chi connectivity index (χ2v) is 6.08. The number of alkyl halides is 2. The average molecular weight is 385 g/mol. The van der Waals surface area contributed by atoms with Gasteiger partial charge in [-0.1, -0.05) is 31.7 Å². The molecule has 0 saturated heterocycles. The number of aliphatic carboxylic acids is 1. The molecule has 0 aliphatic rings. The van der Waals surface area contributed by atoms with Gasteiger partial charge >= 0.3 is 5.97 Å². The first-order valence-electron chi connectivity index (χ1n) is 8.32. The first-order valence-corrected chi connectivity index (χ1v) is 8.32. The molecule has 4 nitrogen and oxygen atoms in total. The summed E-state index contributed by atoms with van der Waals surface area (Å²) >= 11 is 0. The van der Waals surface area contributed by atoms with Gasteiger partial charge in [0.1, 0.15) is 5.75 Å². The molecule has 28 heavy (non-hydrogen) atoms. The number of carboxylic acids is 1. The number of carboxylic acid groups (broad SMARTS) is 1. The highest BCUT2D eigenvalue weighted by Crippen LogP contribution is 2.36. The van der Waals surface area contributed by atoms with Gasteiger partial charge in [-0.3, -0.25) is 9.78 Å². The lowest BCUT2D eigenvalue weighted by Gasteiger charge is -2.14. The lowest BCUT2D eigenvalue weighted by molar-refractivity contribution is -0.136. The number of carbonyl (C=O) groups is 1. The van der Waals surface area contributed by atoms with Crippen molar-refractivity contribution in [2.24, 2.45) is 0 Å². The molecule has 0 aliphatic carbocycles. The van der Waals surface area contributed by atoms with Crippen molar-refractivity contribution in [2.45, 2.75) is 26.7 Å². The molecular weight excluding hydrogens is 364 g/mol. The van der Waals surface area contributed by atoms with Gasteiger partial charge < -0.3 is 10.2 Å². The van der Waals surface area contributed by atoms with E-state index in [2.05, 4.69) is 4.98 Å². The Balaban J connectivity index is 0.00000280. The van der Waals surface area contributed by atoms with Crippen molar-refractivity contribution in [1.29, 1.82) is 0 Å². The third-order valence-corrected chi connectivity index (χ3v) is 4.27. The van der Waals surface area contributed by atoms with Crippen LogP contribution in [0.15, 0.2) is 60.9 Å². The van der Waals surface area contributed by atoms with Crippen molar-refractivity contribution in [3.63, 3.8) is 0 Å². The fraction of sp³-hybridized carbons (Fsp3) is 0.182. The molecule has 0 saturated carbocycles. The van der Waals surface area contributed by atoms with E-state index in [1.165, 1.54) is 24.4 Å². The molecule has 0 radical (unpaired) electrons. The molecule has 146 valence electrons. The van der Waals surface area contributed by atoms with Gasteiger partial charge in [0, 0.05) is 29.9 Å². The molecule has 2 N–H and O–H groups in total. The summed E-state index contributed by atoms with van der Waals surface area (Å²) < 4.78 is 27.4. The Bertz CT molecular complexity index is 959. The Hall–Kier alpha value is -3.28. The number of aromatic hydroxyl groups is 1. The van der Waals surface area contributed by atoms with Crippen LogP contribution in [0.25, 0.3) is 22.3 Å². The zero-order valence-electron chi connectivity index (χ0n) is 14.3. The summed E-state index contributed by atoms with van der Waals surface area (Å²) in [5.41, 5.74) is 2.61. The van der Waals surface area contributed by atoms with Crippen molar-refractivity contribution in [3.8, 4) is 28.0 Å². The average Bonchev–Trinajstić information content (AvgIpc) is 2.66. The number of aryl methyl sites for hydroxylation is 1. The third kappa shape index (κ3) is 4.71. The van der Waals surface area contributed by atoms with Gasteiger partial charge in [0.25, 0.3) is 6.43 Å². The summed E-state index contributed by atoms with van der Waals surface area (Å²) in [6.45, 7) is 0. The van der Waals surface area contributed by atoms with Crippen LogP contribution < -0.4 is 0 Å². The number of aromatic nitrogens is 1. The Kier molecular flexibility index (Phi) is 6.82. The van der Waals surface area contributed by atoms with Crippen LogP contribution in [0.2, 0.25) is 0 Å². The summed E-state index contributed by atoms with van der Waals surface area (Å²) in [7, 11) is 0. The molecular formula is C22H21F2NO3. The van der Waals surface area contributed by atoms with Crippen LogP contribution >= 0.6 is 0 Å². The molecule has 2 aromatic carbocycles. The summed E-state index contributed by atoms with van der Waals surface area (Å²) in [5.74, 6) is -0.968. The fourth-order valence-corrected chi connectivity index (χ4v) is 3.01. The first kappa shape index (κ1) is 21.0. The number of phenols is 1. The number of hydrogen-bond donors (Lipinski definition) is 2. The van der Waals surface area contributed by atoms with Crippen molar-refractivity contribution in [2.75, 3.05) is 0 Å². The molecule has 1 aromatic heterocycles. The number of halogens is 2. The van der Waals surface area contributed by atoms with Crippen molar-refractivity contribution >= 4 is 5.97 Å². The van der Waals surface area contributed by atoms with Crippen LogP contribution in [0.5, 0.6) is 5.75 Å². The van der Waals surface area contributed by atoms with Crippen molar-refractivity contribution in [1.82, 2.24) is 4.98 Å². The van der Waals surface area contributed by atoms with Crippen molar-refractivity contribution in [3.05, 3.63) is 72.1 Å². The van der Waals surface area contributed by atoms with E-state index >= 15 is 0 Å². The number of nitrogens with zero attached hydrogens (tertiary/aromatic N) is 1. The van der Waals surface area contributed by atoms with E-state index in [1.54, 1.807) is 36.5 Å². The molecule has 0 spiro atoms. The highest BCUT2D eigenvalue weighted by atomic mass is 19.3. The molecule has 0 bridgehead atoms. The number of pyridine rings is 1. The molecule has 0 fully saturated rings. The Morgan fingerprint density at radius 3 is 2.43 bits per heavy atom. The monoisotopic (exact) mass is 385 g/mol. The summed E-state index contributed by atoms with van der Waals surface area (Å²) in [4.78, 5) is 14.9. The molecule has 0 unspecified atom stereocenters. The zero-order valence-corrected chi connectivity index (χ0v) is 14.3. The number of rotatable bonds is 6. The predicted molar refractivity (Wildman–Crippen MR) is 104 cm³/mol. The van der Waals surface area contributed by atoms with Gasteiger partial charge in [-0.2, -0.15) is 0 Å². The third-order valence-electron chi connectivity index (χ3n) is 4.27. The second-order valence-electron chi connectivity index (χ2n) is 6.08. The highest BCUT2D eigenvalue weighted by Gasteiger charge is 2.17. The maximum Gasteiger partial charge on any atom is 0.303 e. The summed E-state index contributed by atoms with van der Waals surface area (Å²) in [6, 6.07) is 12.7. The minimum Gasteiger partial charge on any atom is -0.508 e. The minimum atomic E-state index is -2.68. The maximum atomic E-state index is 13.7. The van der Waals surface area contributed by atoms with Crippen molar-refractivity contribution < 1.29 is 23.8 Å². The maximum absolute atomic E-state index is 13.7. The Morgan fingerprint density at radius 2 is 1.79 bits per heavy atom. The van der Waals surface area contributed by atoms with Crippen LogP contribution in [0.1, 0.15) is 31.4 Å². The van der Waals surface area contributed by atoms with Crippen LogP contribution in [0, 0.1) is 0 Å². The van der Waals surface area contributed by atoms with E-state index in [9.17, 15) is 18.7 Å². The van der Waals surface area contributed by atoms with Gasteiger partial charge in [-0.05, 0) is 52.9 Å². The largest absolute Gasteiger partial charge is 0.508 e. The van der Waals surface area contributed by atoms with Crippen LogP contribution in [-0.4, -0.2) is 21.2 Å². The Morgan fingerprint density at radius 1 is 1.04 bits per heavy atom. The van der Waals surface area contributed by atoms with Gasteiger partial charge in [0.05, 0.1) is 0 Å². The zero-order chi connectivity index (χ0) is 19.4. The minimum absolute atomic E-state index is 0. The van der Waals surface area contributed by atoms with Crippen LogP contribution in [0.3, 0.4) is 0 Å². The lowest BCUT2D eigenvalue weighted by atomic mass is 9.92. The van der Waals surface area contributed by atoms with E-state index < -0.39 is 12.4 Å². The van der Waals surface area contributed by atoms with Crippen LogP contribution in [0.4, 0.5) is 8.78 Å². The number of benzene rings is 2. The van der Waals surface area contributed by atoms with E-state index in [-0.39, 0.29) is 31.6 Å². The standard InChI is InChI=1S/C21H17F2NO3.CH4/c22-21(23)19-11-14(3-6-18(19)15-2-1-9-24-12-15)17-7-5-16(25)10-13(17)4-8-20(26)27;/h1-3,5-7,9-12,21,25H,4,8H2,(H,26,27);1H4. The summed E-state index contributed by atoms with van der Waals surface area (Å²) in [5, 5.41) is 18.6. The van der Waals surface area contributed by atoms with Crippen LogP contribution in [-0.2, 0) is 11.2 Å². The van der Waals surface area contributed by atoms with E-state index in [0.29, 0.717) is 27.8 Å². The number of phenolic OH excluding ortho intramolecular Hbond substituents is 1. The molecule has 3 rings (SSSR count). The van der Waals surface area contributed by atoms with Gasteiger partial charge in [-0.25, -0.2) is 8.78 Å². The van der Waals surface area contributed by atoms with Gasteiger partial charge in [-0.15, -0.1) is 0 Å². The molecule has 0 aliphatic heterocycles. The Labute approximate surface area is 162 Å². The summed E-state index contributed by atoms with van der Waals surface area (Å²) in [6.07, 6.45) is 0.490. The highest BCUT2D eigenvalue weighted by molar-refractivity contribution is 5.76. The number of hydrogen-bond acceptors (Lipinski definition) is 3. The van der Waals surface area contributed by atoms with E-state index in [1.807, 2.05) is 0 Å². The molecule has 0 amide bonds. The lowest BCUT2D eigenvalue weighted by Crippen LogP contribution is -1.99. The molecule has 0 atom stereocenters. The van der Waals surface area contributed by atoms with Gasteiger partial charge in [0.15, 0.2) is 0 Å². The molecule has 6 heteroatoms. The van der Waals surface area contributed by atoms with E-state index in [0.717, 1.165) is 0 Å². The normalized spacial score (nSPS) is 10.5.